The Labute approximate surface area is 252 Å². The van der Waals surface area contributed by atoms with E-state index in [0.717, 1.165) is 32.7 Å². The number of hydrogen-bond donors (Lipinski definition) is 1. The van der Waals surface area contributed by atoms with Crippen molar-refractivity contribution in [3.8, 4) is 5.75 Å². The number of hydrogen-bond acceptors (Lipinski definition) is 8. The van der Waals surface area contributed by atoms with Crippen LogP contribution in [0.5, 0.6) is 5.75 Å². The minimum atomic E-state index is -3.08. The minimum absolute atomic E-state index is 0.110. The van der Waals surface area contributed by atoms with Gasteiger partial charge in [0.1, 0.15) is 5.75 Å². The molecule has 2 aromatic rings. The van der Waals surface area contributed by atoms with Crippen LogP contribution in [-0.2, 0) is 19.1 Å². The molecule has 0 radical (unpaired) electrons. The lowest BCUT2D eigenvalue weighted by molar-refractivity contribution is -0.140. The lowest BCUT2D eigenvalue weighted by Crippen LogP contribution is -2.46. The molecule has 0 spiro atoms. The van der Waals surface area contributed by atoms with Crippen LogP contribution in [0.2, 0.25) is 0 Å². The molecule has 4 rings (SSSR count). The van der Waals surface area contributed by atoms with E-state index in [0.29, 0.717) is 17.8 Å². The third kappa shape index (κ3) is 7.73. The van der Waals surface area contributed by atoms with E-state index in [1.54, 1.807) is 39.0 Å². The second-order valence-corrected chi connectivity index (χ2v) is 10.9. The highest BCUT2D eigenvalue weighted by atomic mass is 19.3. The average molecular weight is 598 g/mol. The SMILES string of the molecule is CCOC(=O)C1=C(C)NC(C)=C(C(=O)OCCCN2CCN(c3ccc(C)c(C)c3)CC2)C1c1ccccc1OC(F)F. The van der Waals surface area contributed by atoms with Gasteiger partial charge in [0.2, 0.25) is 0 Å². The van der Waals surface area contributed by atoms with Crippen LogP contribution in [0.25, 0.3) is 0 Å². The van der Waals surface area contributed by atoms with Crippen LogP contribution in [0, 0.1) is 13.8 Å². The topological polar surface area (TPSA) is 80.3 Å². The highest BCUT2D eigenvalue weighted by Crippen LogP contribution is 2.43. The van der Waals surface area contributed by atoms with Crippen molar-refractivity contribution in [3.05, 3.63) is 81.7 Å². The van der Waals surface area contributed by atoms with E-state index in [1.807, 2.05) is 0 Å². The molecule has 2 aromatic carbocycles. The third-order valence-corrected chi connectivity index (χ3v) is 8.00. The summed E-state index contributed by atoms with van der Waals surface area (Å²) in [6, 6.07) is 12.7. The standard InChI is InChI=1S/C33H41F2N3O5/c1-6-41-31(39)28-23(4)36-24(5)29(30(28)26-10-7-8-11-27(26)43-33(34)35)32(40)42-19-9-14-37-15-17-38(18-16-37)25-13-12-21(2)22(3)20-25/h7-8,10-13,20,30,33,36H,6,9,14-19H2,1-5H3. The number of carbonyl (C=O) groups excluding carboxylic acids is 2. The second-order valence-electron chi connectivity index (χ2n) is 10.9. The molecule has 0 aliphatic carbocycles. The first-order chi connectivity index (χ1) is 20.6. The quantitative estimate of drug-likeness (QED) is 0.270. The molecule has 8 nitrogen and oxygen atoms in total. The van der Waals surface area contributed by atoms with E-state index >= 15 is 0 Å². The van der Waals surface area contributed by atoms with Gasteiger partial charge in [-0.25, -0.2) is 9.59 Å². The van der Waals surface area contributed by atoms with Gasteiger partial charge in [0.05, 0.1) is 30.3 Å². The number of allylic oxidation sites excluding steroid dienone is 2. The second kappa shape index (κ2) is 14.5. The van der Waals surface area contributed by atoms with Gasteiger partial charge < -0.3 is 24.4 Å². The first-order valence-electron chi connectivity index (χ1n) is 14.7. The fourth-order valence-corrected chi connectivity index (χ4v) is 5.66. The molecule has 232 valence electrons. The molecular formula is C33H41F2N3O5. The van der Waals surface area contributed by atoms with Gasteiger partial charge in [0.25, 0.3) is 0 Å². The first-order valence-corrected chi connectivity index (χ1v) is 14.7. The summed E-state index contributed by atoms with van der Waals surface area (Å²) < 4.78 is 42.4. The molecule has 1 atom stereocenters. The lowest BCUT2D eigenvalue weighted by Gasteiger charge is -2.36. The Bertz CT molecular complexity index is 1380. The fourth-order valence-electron chi connectivity index (χ4n) is 5.66. The Morgan fingerprint density at radius 2 is 1.56 bits per heavy atom. The number of rotatable bonds is 11. The summed E-state index contributed by atoms with van der Waals surface area (Å²) in [6.07, 6.45) is 0.629. The van der Waals surface area contributed by atoms with E-state index in [2.05, 4.69) is 47.2 Å². The Balaban J connectivity index is 1.42. The number of piperazine rings is 1. The van der Waals surface area contributed by atoms with Crippen molar-refractivity contribution in [1.29, 1.82) is 0 Å². The van der Waals surface area contributed by atoms with E-state index in [9.17, 15) is 18.4 Å². The number of esters is 2. The summed E-state index contributed by atoms with van der Waals surface area (Å²) >= 11 is 0. The molecule has 2 aliphatic heterocycles. The normalized spacial score (nSPS) is 17.7. The van der Waals surface area contributed by atoms with Crippen LogP contribution in [0.4, 0.5) is 14.5 Å². The number of para-hydroxylation sites is 1. The van der Waals surface area contributed by atoms with Gasteiger partial charge in [-0.3, -0.25) is 4.90 Å². The summed E-state index contributed by atoms with van der Waals surface area (Å²) in [5.41, 5.74) is 5.29. The molecule has 0 amide bonds. The molecule has 10 heteroatoms. The van der Waals surface area contributed by atoms with Crippen LogP contribution in [-0.4, -0.2) is 69.4 Å². The number of nitrogens with one attached hydrogen (secondary N) is 1. The van der Waals surface area contributed by atoms with Gasteiger partial charge in [-0.2, -0.15) is 8.78 Å². The first kappa shape index (κ1) is 32.0. The number of alkyl halides is 2. The zero-order valence-corrected chi connectivity index (χ0v) is 25.5. The van der Waals surface area contributed by atoms with Gasteiger partial charge in [-0.15, -0.1) is 0 Å². The highest BCUT2D eigenvalue weighted by Gasteiger charge is 2.39. The molecule has 0 saturated carbocycles. The number of ether oxygens (including phenoxy) is 3. The maximum Gasteiger partial charge on any atom is 0.387 e. The van der Waals surface area contributed by atoms with Gasteiger partial charge in [-0.1, -0.05) is 24.3 Å². The smallest absolute Gasteiger partial charge is 0.387 e. The Kier molecular flexibility index (Phi) is 10.8. The summed E-state index contributed by atoms with van der Waals surface area (Å²) in [4.78, 5) is 31.4. The average Bonchev–Trinajstić information content (AvgIpc) is 2.96. The summed E-state index contributed by atoms with van der Waals surface area (Å²) in [5.74, 6) is -2.42. The molecule has 43 heavy (non-hydrogen) atoms. The number of nitrogens with zero attached hydrogens (tertiary/aromatic N) is 2. The monoisotopic (exact) mass is 597 g/mol. The van der Waals surface area contributed by atoms with Crippen molar-refractivity contribution in [2.24, 2.45) is 0 Å². The minimum Gasteiger partial charge on any atom is -0.463 e. The van der Waals surface area contributed by atoms with Gasteiger partial charge >= 0.3 is 18.6 Å². The number of halogens is 2. The highest BCUT2D eigenvalue weighted by molar-refractivity contribution is 6.00. The van der Waals surface area contributed by atoms with Crippen LogP contribution < -0.4 is 15.0 Å². The van der Waals surface area contributed by atoms with E-state index < -0.39 is 24.5 Å². The summed E-state index contributed by atoms with van der Waals surface area (Å²) in [5, 5.41) is 3.08. The largest absolute Gasteiger partial charge is 0.463 e. The zero-order valence-electron chi connectivity index (χ0n) is 25.5. The van der Waals surface area contributed by atoms with Crippen LogP contribution in [0.15, 0.2) is 65.0 Å². The number of carbonyl (C=O) groups is 2. The molecule has 2 heterocycles. The predicted octanol–water partition coefficient (Wildman–Crippen LogP) is 5.46. The van der Waals surface area contributed by atoms with Crippen molar-refractivity contribution >= 4 is 17.6 Å². The Morgan fingerprint density at radius 3 is 2.19 bits per heavy atom. The molecule has 1 unspecified atom stereocenters. The molecule has 0 aromatic heterocycles. The van der Waals surface area contributed by atoms with Crippen LogP contribution in [0.1, 0.15) is 49.8 Å². The van der Waals surface area contributed by atoms with Crippen LogP contribution >= 0.6 is 0 Å². The van der Waals surface area contributed by atoms with E-state index in [4.69, 9.17) is 14.2 Å². The summed E-state index contributed by atoms with van der Waals surface area (Å²) in [6.45, 7) is 10.9. The number of dihydropyridines is 1. The maximum atomic E-state index is 13.6. The van der Waals surface area contributed by atoms with Gasteiger partial charge in [0, 0.05) is 55.4 Å². The lowest BCUT2D eigenvalue weighted by atomic mass is 9.80. The Morgan fingerprint density at radius 1 is 0.907 bits per heavy atom. The van der Waals surface area contributed by atoms with Crippen molar-refractivity contribution in [2.75, 3.05) is 50.8 Å². The molecule has 1 fully saturated rings. The summed E-state index contributed by atoms with van der Waals surface area (Å²) in [7, 11) is 0. The predicted molar refractivity (Wildman–Crippen MR) is 161 cm³/mol. The molecule has 2 aliphatic rings. The maximum absolute atomic E-state index is 13.6. The van der Waals surface area contributed by atoms with Crippen LogP contribution in [0.3, 0.4) is 0 Å². The molecule has 1 saturated heterocycles. The fraction of sp³-hybridized carbons (Fsp3) is 0.455. The van der Waals surface area contributed by atoms with Crippen molar-refractivity contribution in [2.45, 2.75) is 53.6 Å². The molecule has 0 bridgehead atoms. The number of anilines is 1. The van der Waals surface area contributed by atoms with E-state index in [-0.39, 0.29) is 35.7 Å². The molecule has 1 N–H and O–H groups in total. The molecular weight excluding hydrogens is 556 g/mol. The van der Waals surface area contributed by atoms with Gasteiger partial charge in [0.15, 0.2) is 0 Å². The van der Waals surface area contributed by atoms with E-state index in [1.165, 1.54) is 22.9 Å². The number of aryl methyl sites for hydroxylation is 2. The third-order valence-electron chi connectivity index (χ3n) is 8.00. The Hall–Kier alpha value is -3.92. The van der Waals surface area contributed by atoms with Crippen molar-refractivity contribution in [3.63, 3.8) is 0 Å². The number of benzene rings is 2. The van der Waals surface area contributed by atoms with Crippen molar-refractivity contribution in [1.82, 2.24) is 10.2 Å². The van der Waals surface area contributed by atoms with Crippen molar-refractivity contribution < 1.29 is 32.6 Å². The zero-order chi connectivity index (χ0) is 31.1. The van der Waals surface area contributed by atoms with Gasteiger partial charge in [-0.05, 0) is 70.4 Å².